The molecule has 0 N–H and O–H groups in total. The van der Waals surface area contributed by atoms with E-state index in [0.717, 1.165) is 12.8 Å². The summed E-state index contributed by atoms with van der Waals surface area (Å²) in [6, 6.07) is 5.72. The second kappa shape index (κ2) is 7.22. The van der Waals surface area contributed by atoms with Crippen molar-refractivity contribution in [2.45, 2.75) is 26.2 Å². The van der Waals surface area contributed by atoms with E-state index in [2.05, 4.69) is 6.92 Å². The molecule has 0 spiro atoms. The largest absolute Gasteiger partial charge is 0.494 e. The van der Waals surface area contributed by atoms with Crippen LogP contribution in [0, 0.1) is 11.7 Å². The lowest BCUT2D eigenvalue weighted by Crippen LogP contribution is -2.40. The van der Waals surface area contributed by atoms with Gasteiger partial charge in [-0.2, -0.15) is 0 Å². The van der Waals surface area contributed by atoms with Gasteiger partial charge in [0.25, 0.3) is 0 Å². The molecule has 6 heteroatoms. The van der Waals surface area contributed by atoms with E-state index < -0.39 is 10.0 Å². The van der Waals surface area contributed by atoms with Gasteiger partial charge in [0.2, 0.25) is 10.0 Å². The lowest BCUT2D eigenvalue weighted by atomic mass is 10.0. The summed E-state index contributed by atoms with van der Waals surface area (Å²) < 4.78 is 44.2. The Bertz CT molecular complexity index is 545. The molecule has 0 saturated carbocycles. The van der Waals surface area contributed by atoms with Gasteiger partial charge in [0.1, 0.15) is 11.6 Å². The van der Waals surface area contributed by atoms with Crippen molar-refractivity contribution in [1.29, 1.82) is 0 Å². The molecular formula is C15H22FNO3S. The van der Waals surface area contributed by atoms with E-state index in [1.165, 1.54) is 24.3 Å². The second-order valence-electron chi connectivity index (χ2n) is 5.58. The van der Waals surface area contributed by atoms with Crippen molar-refractivity contribution in [1.82, 2.24) is 4.31 Å². The maximum Gasteiger partial charge on any atom is 0.214 e. The van der Waals surface area contributed by atoms with Crippen LogP contribution in [0.5, 0.6) is 5.75 Å². The highest BCUT2D eigenvalue weighted by atomic mass is 32.2. The number of ether oxygens (including phenoxy) is 1. The number of hydrogen-bond acceptors (Lipinski definition) is 3. The Morgan fingerprint density at radius 3 is 2.71 bits per heavy atom. The summed E-state index contributed by atoms with van der Waals surface area (Å²) in [5.74, 6) is 0.773. The third-order valence-electron chi connectivity index (χ3n) is 3.64. The van der Waals surface area contributed by atoms with Crippen LogP contribution in [0.4, 0.5) is 4.39 Å². The molecule has 0 unspecified atom stereocenters. The minimum absolute atomic E-state index is 0.0981. The summed E-state index contributed by atoms with van der Waals surface area (Å²) in [6.07, 6.45) is 2.47. The molecule has 1 aromatic carbocycles. The van der Waals surface area contributed by atoms with E-state index in [1.54, 1.807) is 4.31 Å². The van der Waals surface area contributed by atoms with E-state index in [1.807, 2.05) is 0 Å². The second-order valence-corrected chi connectivity index (χ2v) is 7.67. The normalized spacial score (nSPS) is 20.4. The molecule has 0 radical (unpaired) electrons. The third kappa shape index (κ3) is 4.97. The van der Waals surface area contributed by atoms with E-state index in [-0.39, 0.29) is 11.6 Å². The fraction of sp³-hybridized carbons (Fsp3) is 0.600. The Hall–Kier alpha value is -1.14. The van der Waals surface area contributed by atoms with Gasteiger partial charge in [-0.05, 0) is 49.4 Å². The summed E-state index contributed by atoms with van der Waals surface area (Å²) in [5.41, 5.74) is 0. The van der Waals surface area contributed by atoms with Crippen molar-refractivity contribution in [3.05, 3.63) is 30.1 Å². The van der Waals surface area contributed by atoms with E-state index >= 15 is 0 Å². The summed E-state index contributed by atoms with van der Waals surface area (Å²) in [7, 11) is -3.18. The molecule has 1 aliphatic rings. The zero-order valence-electron chi connectivity index (χ0n) is 12.3. The number of nitrogens with zero attached hydrogens (tertiary/aromatic N) is 1. The van der Waals surface area contributed by atoms with Gasteiger partial charge in [0, 0.05) is 13.1 Å². The number of hydrogen-bond donors (Lipinski definition) is 0. The van der Waals surface area contributed by atoms with Crippen LogP contribution in [0.1, 0.15) is 26.2 Å². The van der Waals surface area contributed by atoms with Crippen molar-refractivity contribution in [2.75, 3.05) is 25.4 Å². The highest BCUT2D eigenvalue weighted by Crippen LogP contribution is 2.19. The number of benzene rings is 1. The van der Waals surface area contributed by atoms with Gasteiger partial charge in [0.15, 0.2) is 0 Å². The Balaban J connectivity index is 1.75. The Morgan fingerprint density at radius 2 is 2.05 bits per heavy atom. The van der Waals surface area contributed by atoms with Gasteiger partial charge < -0.3 is 4.74 Å². The van der Waals surface area contributed by atoms with Crippen molar-refractivity contribution >= 4 is 10.0 Å². The maximum atomic E-state index is 12.7. The third-order valence-corrected chi connectivity index (χ3v) is 5.57. The van der Waals surface area contributed by atoms with E-state index in [9.17, 15) is 12.8 Å². The summed E-state index contributed by atoms with van der Waals surface area (Å²) in [6.45, 7) is 3.65. The molecule has 0 aliphatic carbocycles. The van der Waals surface area contributed by atoms with Crippen LogP contribution in [0.15, 0.2) is 24.3 Å². The molecular weight excluding hydrogens is 293 g/mol. The minimum Gasteiger partial charge on any atom is -0.494 e. The first-order chi connectivity index (χ1) is 9.97. The molecule has 1 saturated heterocycles. The quantitative estimate of drug-likeness (QED) is 0.758. The first kappa shape index (κ1) is 16.2. The van der Waals surface area contributed by atoms with Crippen LogP contribution in [0.25, 0.3) is 0 Å². The summed E-state index contributed by atoms with van der Waals surface area (Å²) in [5, 5.41) is 0. The SMILES string of the molecule is C[C@H]1CCCN(S(=O)(=O)CCCOc2ccc(F)cc2)C1. The highest BCUT2D eigenvalue weighted by Gasteiger charge is 2.26. The van der Waals surface area contributed by atoms with E-state index in [0.29, 0.717) is 37.8 Å². The zero-order valence-corrected chi connectivity index (χ0v) is 13.1. The lowest BCUT2D eigenvalue weighted by molar-refractivity contribution is 0.278. The van der Waals surface area contributed by atoms with Gasteiger partial charge in [-0.1, -0.05) is 6.92 Å². The molecule has 1 atom stereocenters. The minimum atomic E-state index is -3.18. The Kier molecular flexibility index (Phi) is 5.58. The Labute approximate surface area is 126 Å². The van der Waals surface area contributed by atoms with Crippen LogP contribution in [0.3, 0.4) is 0 Å². The fourth-order valence-electron chi connectivity index (χ4n) is 2.49. The zero-order chi connectivity index (χ0) is 15.3. The molecule has 0 aromatic heterocycles. The van der Waals surface area contributed by atoms with Crippen LogP contribution in [-0.4, -0.2) is 38.2 Å². The number of rotatable bonds is 6. The predicted molar refractivity (Wildman–Crippen MR) is 80.3 cm³/mol. The van der Waals surface area contributed by atoms with E-state index in [4.69, 9.17) is 4.74 Å². The van der Waals surface area contributed by atoms with Crippen LogP contribution in [0.2, 0.25) is 0 Å². The summed E-state index contributed by atoms with van der Waals surface area (Å²) in [4.78, 5) is 0. The van der Waals surface area contributed by atoms with Crippen LogP contribution in [-0.2, 0) is 10.0 Å². The maximum absolute atomic E-state index is 12.7. The smallest absolute Gasteiger partial charge is 0.214 e. The molecule has 1 aromatic rings. The molecule has 0 bridgehead atoms. The molecule has 118 valence electrons. The first-order valence-corrected chi connectivity index (χ1v) is 8.94. The number of halogens is 1. The van der Waals surface area contributed by atoms with Gasteiger partial charge >= 0.3 is 0 Å². The molecule has 1 aliphatic heterocycles. The molecule has 1 fully saturated rings. The highest BCUT2D eigenvalue weighted by molar-refractivity contribution is 7.89. The van der Waals surface area contributed by atoms with Crippen molar-refractivity contribution in [3.8, 4) is 5.75 Å². The molecule has 0 amide bonds. The topological polar surface area (TPSA) is 46.6 Å². The molecule has 2 rings (SSSR count). The average Bonchev–Trinajstić information content (AvgIpc) is 2.45. The van der Waals surface area contributed by atoms with Crippen molar-refractivity contribution in [2.24, 2.45) is 5.92 Å². The Morgan fingerprint density at radius 1 is 1.33 bits per heavy atom. The number of sulfonamides is 1. The van der Waals surface area contributed by atoms with Gasteiger partial charge in [0.05, 0.1) is 12.4 Å². The molecule has 21 heavy (non-hydrogen) atoms. The molecule has 1 heterocycles. The average molecular weight is 315 g/mol. The standard InChI is InChI=1S/C15H22FNO3S/c1-13-4-2-9-17(12-13)21(18,19)11-3-10-20-15-7-5-14(16)6-8-15/h5-8,13H,2-4,9-12H2,1H3/t13-/m0/s1. The monoisotopic (exact) mass is 315 g/mol. The van der Waals surface area contributed by atoms with Crippen molar-refractivity contribution in [3.63, 3.8) is 0 Å². The van der Waals surface area contributed by atoms with Gasteiger partial charge in [-0.3, -0.25) is 0 Å². The number of piperidine rings is 1. The first-order valence-electron chi connectivity index (χ1n) is 7.33. The van der Waals surface area contributed by atoms with Gasteiger partial charge in [-0.15, -0.1) is 0 Å². The lowest BCUT2D eigenvalue weighted by Gasteiger charge is -2.30. The van der Waals surface area contributed by atoms with Gasteiger partial charge in [-0.25, -0.2) is 17.1 Å². The van der Waals surface area contributed by atoms with Crippen molar-refractivity contribution < 1.29 is 17.5 Å². The fourth-order valence-corrected chi connectivity index (χ4v) is 4.12. The predicted octanol–water partition coefficient (Wildman–Crippen LogP) is 2.66. The summed E-state index contributed by atoms with van der Waals surface area (Å²) >= 11 is 0. The van der Waals surface area contributed by atoms with Crippen LogP contribution >= 0.6 is 0 Å². The van der Waals surface area contributed by atoms with Crippen LogP contribution < -0.4 is 4.74 Å². The molecule has 4 nitrogen and oxygen atoms in total.